The van der Waals surface area contributed by atoms with Crippen LogP contribution in [0.3, 0.4) is 0 Å². The minimum atomic E-state index is -0.943. The Kier molecular flexibility index (Phi) is 8.10. The van der Waals surface area contributed by atoms with Gasteiger partial charge in [-0.3, -0.25) is 4.79 Å². The summed E-state index contributed by atoms with van der Waals surface area (Å²) in [6.07, 6.45) is -0.0943. The number of hydrogen-bond donors (Lipinski definition) is 3. The van der Waals surface area contributed by atoms with Crippen molar-refractivity contribution >= 4 is 18.0 Å². The van der Waals surface area contributed by atoms with E-state index in [1.165, 1.54) is 9.80 Å². The smallest absolute Gasteiger partial charge is 0.317 e. The molecule has 0 aromatic heterocycles. The number of carboxylic acids is 1. The highest BCUT2D eigenvalue weighted by molar-refractivity contribution is 5.76. The summed E-state index contributed by atoms with van der Waals surface area (Å²) in [5.41, 5.74) is 0. The zero-order valence-electron chi connectivity index (χ0n) is 12.5. The van der Waals surface area contributed by atoms with Gasteiger partial charge < -0.3 is 25.5 Å². The van der Waals surface area contributed by atoms with Crippen molar-refractivity contribution in [1.82, 2.24) is 20.4 Å². The first-order chi connectivity index (χ1) is 9.25. The zero-order valence-corrected chi connectivity index (χ0v) is 12.5. The molecular formula is C12H24N4O4. The summed E-state index contributed by atoms with van der Waals surface area (Å²) in [6.45, 7) is 4.38. The van der Waals surface area contributed by atoms with Gasteiger partial charge in [0.25, 0.3) is 0 Å². The predicted octanol–water partition coefficient (Wildman–Crippen LogP) is 0.152. The lowest BCUT2D eigenvalue weighted by molar-refractivity contribution is -0.137. The Morgan fingerprint density at radius 3 is 1.95 bits per heavy atom. The normalized spacial score (nSPS) is 10.1. The van der Waals surface area contributed by atoms with Crippen LogP contribution < -0.4 is 10.6 Å². The molecule has 0 aromatic carbocycles. The summed E-state index contributed by atoms with van der Waals surface area (Å²) in [5.74, 6) is -0.943. The van der Waals surface area contributed by atoms with E-state index >= 15 is 0 Å². The van der Waals surface area contributed by atoms with Crippen LogP contribution in [0.1, 0.15) is 20.3 Å². The van der Waals surface area contributed by atoms with E-state index in [0.717, 1.165) is 0 Å². The SMILES string of the molecule is CC(C)N(CCC(=O)O)C(=O)NCCNC(=O)N(C)C. The standard InChI is InChI=1S/C12H24N4O4/c1-9(2)16(8-5-10(17)18)12(20)14-7-6-13-11(19)15(3)4/h9H,5-8H2,1-4H3,(H,13,19)(H,14,20)(H,17,18). The van der Waals surface area contributed by atoms with Crippen LogP contribution in [-0.4, -0.2) is 72.7 Å². The maximum atomic E-state index is 11.9. The van der Waals surface area contributed by atoms with Gasteiger partial charge in [-0.1, -0.05) is 0 Å². The van der Waals surface area contributed by atoms with E-state index in [4.69, 9.17) is 5.11 Å². The number of carboxylic acid groups (broad SMARTS) is 1. The maximum Gasteiger partial charge on any atom is 0.317 e. The van der Waals surface area contributed by atoms with Crippen molar-refractivity contribution in [3.8, 4) is 0 Å². The number of nitrogens with zero attached hydrogens (tertiary/aromatic N) is 2. The summed E-state index contributed by atoms with van der Waals surface area (Å²) in [4.78, 5) is 36.5. The number of hydrogen-bond acceptors (Lipinski definition) is 3. The van der Waals surface area contributed by atoms with E-state index in [2.05, 4.69) is 10.6 Å². The van der Waals surface area contributed by atoms with Crippen LogP contribution >= 0.6 is 0 Å². The molecule has 0 saturated heterocycles. The fraction of sp³-hybridized carbons (Fsp3) is 0.750. The highest BCUT2D eigenvalue weighted by Crippen LogP contribution is 2.00. The van der Waals surface area contributed by atoms with Crippen molar-refractivity contribution in [3.05, 3.63) is 0 Å². The minimum Gasteiger partial charge on any atom is -0.481 e. The molecule has 0 atom stereocenters. The van der Waals surface area contributed by atoms with E-state index in [-0.39, 0.29) is 37.6 Å². The first-order valence-electron chi connectivity index (χ1n) is 6.47. The minimum absolute atomic E-state index is 0.0919. The number of urea groups is 2. The average Bonchev–Trinajstić information content (AvgIpc) is 2.33. The van der Waals surface area contributed by atoms with Gasteiger partial charge in [-0.2, -0.15) is 0 Å². The van der Waals surface area contributed by atoms with Gasteiger partial charge in [-0.25, -0.2) is 9.59 Å². The Morgan fingerprint density at radius 1 is 1.05 bits per heavy atom. The molecule has 0 fully saturated rings. The lowest BCUT2D eigenvalue weighted by atomic mass is 10.3. The van der Waals surface area contributed by atoms with E-state index in [9.17, 15) is 14.4 Å². The average molecular weight is 288 g/mol. The van der Waals surface area contributed by atoms with Crippen LogP contribution in [0.2, 0.25) is 0 Å². The Balaban J connectivity index is 4.08. The molecule has 0 aliphatic heterocycles. The fourth-order valence-corrected chi connectivity index (χ4v) is 1.41. The molecular weight excluding hydrogens is 264 g/mol. The van der Waals surface area contributed by atoms with Gasteiger partial charge in [0.1, 0.15) is 0 Å². The largest absolute Gasteiger partial charge is 0.481 e. The molecule has 0 spiro atoms. The number of aliphatic carboxylic acids is 1. The molecule has 8 heteroatoms. The lowest BCUT2D eigenvalue weighted by Gasteiger charge is -2.26. The fourth-order valence-electron chi connectivity index (χ4n) is 1.41. The number of amides is 4. The molecule has 0 saturated carbocycles. The molecule has 0 aromatic rings. The van der Waals surface area contributed by atoms with Gasteiger partial charge in [0, 0.05) is 39.8 Å². The highest BCUT2D eigenvalue weighted by Gasteiger charge is 2.17. The topological polar surface area (TPSA) is 102 Å². The third-order valence-electron chi connectivity index (χ3n) is 2.53. The molecule has 0 aliphatic rings. The Hall–Kier alpha value is -1.99. The van der Waals surface area contributed by atoms with Crippen LogP contribution in [0.5, 0.6) is 0 Å². The van der Waals surface area contributed by atoms with Gasteiger partial charge in [0.15, 0.2) is 0 Å². The van der Waals surface area contributed by atoms with Crippen LogP contribution in [0.15, 0.2) is 0 Å². The van der Waals surface area contributed by atoms with Gasteiger partial charge in [0.2, 0.25) is 0 Å². The third kappa shape index (κ3) is 7.45. The Labute approximate surface area is 119 Å². The second-order valence-corrected chi connectivity index (χ2v) is 4.79. The molecule has 116 valence electrons. The first kappa shape index (κ1) is 18.0. The third-order valence-corrected chi connectivity index (χ3v) is 2.53. The second-order valence-electron chi connectivity index (χ2n) is 4.79. The lowest BCUT2D eigenvalue weighted by Crippen LogP contribution is -2.47. The van der Waals surface area contributed by atoms with Crippen molar-refractivity contribution in [1.29, 1.82) is 0 Å². The number of carbonyl (C=O) groups excluding carboxylic acids is 2. The van der Waals surface area contributed by atoms with Gasteiger partial charge in [-0.05, 0) is 13.8 Å². The molecule has 3 N–H and O–H groups in total. The number of carbonyl (C=O) groups is 3. The summed E-state index contributed by atoms with van der Waals surface area (Å²) < 4.78 is 0. The van der Waals surface area contributed by atoms with Crippen molar-refractivity contribution in [3.63, 3.8) is 0 Å². The van der Waals surface area contributed by atoms with Crippen LogP contribution in [0, 0.1) is 0 Å². The number of nitrogens with one attached hydrogen (secondary N) is 2. The molecule has 0 unspecified atom stereocenters. The maximum absolute atomic E-state index is 11.9. The van der Waals surface area contributed by atoms with Crippen LogP contribution in [0.4, 0.5) is 9.59 Å². The second kappa shape index (κ2) is 9.00. The van der Waals surface area contributed by atoms with E-state index in [1.54, 1.807) is 14.1 Å². The molecule has 0 radical (unpaired) electrons. The molecule has 4 amide bonds. The van der Waals surface area contributed by atoms with Crippen molar-refractivity contribution in [2.75, 3.05) is 33.7 Å². The summed E-state index contributed by atoms with van der Waals surface area (Å²) in [6, 6.07) is -0.656. The van der Waals surface area contributed by atoms with Gasteiger partial charge >= 0.3 is 18.0 Å². The zero-order chi connectivity index (χ0) is 15.7. The van der Waals surface area contributed by atoms with E-state index < -0.39 is 5.97 Å². The van der Waals surface area contributed by atoms with Crippen molar-refractivity contribution in [2.45, 2.75) is 26.3 Å². The molecule has 0 rings (SSSR count). The van der Waals surface area contributed by atoms with Crippen LogP contribution in [-0.2, 0) is 4.79 Å². The molecule has 20 heavy (non-hydrogen) atoms. The summed E-state index contributed by atoms with van der Waals surface area (Å²) in [7, 11) is 3.25. The first-order valence-corrected chi connectivity index (χ1v) is 6.47. The van der Waals surface area contributed by atoms with Gasteiger partial charge in [0.05, 0.1) is 6.42 Å². The molecule has 0 bridgehead atoms. The molecule has 0 heterocycles. The van der Waals surface area contributed by atoms with E-state index in [1.807, 2.05) is 13.8 Å². The monoisotopic (exact) mass is 288 g/mol. The summed E-state index contributed by atoms with van der Waals surface area (Å²) in [5, 5.41) is 13.9. The predicted molar refractivity (Wildman–Crippen MR) is 74.6 cm³/mol. The molecule has 8 nitrogen and oxygen atoms in total. The Bertz CT molecular complexity index is 344. The summed E-state index contributed by atoms with van der Waals surface area (Å²) >= 11 is 0. The number of rotatable bonds is 7. The van der Waals surface area contributed by atoms with Crippen molar-refractivity contribution in [2.24, 2.45) is 0 Å². The quantitative estimate of drug-likeness (QED) is 0.580. The van der Waals surface area contributed by atoms with Gasteiger partial charge in [-0.15, -0.1) is 0 Å². The van der Waals surface area contributed by atoms with Crippen molar-refractivity contribution < 1.29 is 19.5 Å². The van der Waals surface area contributed by atoms with E-state index in [0.29, 0.717) is 6.54 Å². The Morgan fingerprint density at radius 2 is 1.55 bits per heavy atom. The van der Waals surface area contributed by atoms with Crippen LogP contribution in [0.25, 0.3) is 0 Å². The molecule has 0 aliphatic carbocycles. The highest BCUT2D eigenvalue weighted by atomic mass is 16.4.